The van der Waals surface area contributed by atoms with Gasteiger partial charge in [-0.05, 0) is 44.0 Å². The highest BCUT2D eigenvalue weighted by Crippen LogP contribution is 2.22. The van der Waals surface area contributed by atoms with Gasteiger partial charge < -0.3 is 0 Å². The maximum Gasteiger partial charge on any atom is 0.0352 e. The van der Waals surface area contributed by atoms with Gasteiger partial charge in [0.1, 0.15) is 0 Å². The minimum absolute atomic E-state index is 0.310. The van der Waals surface area contributed by atoms with E-state index in [2.05, 4.69) is 55.7 Å². The number of rotatable bonds is 7. The molecule has 2 aromatic rings. The molecule has 0 aliphatic carbocycles. The van der Waals surface area contributed by atoms with Crippen LogP contribution in [0.1, 0.15) is 22.2 Å². The number of hydrogen-bond donors (Lipinski definition) is 2. The van der Waals surface area contributed by atoms with Gasteiger partial charge in [-0.2, -0.15) is 0 Å². The lowest BCUT2D eigenvalue weighted by molar-refractivity contribution is 0.579. The lowest BCUT2D eigenvalue weighted by atomic mass is 10.2. The second-order valence-electron chi connectivity index (χ2n) is 4.91. The Morgan fingerprint density at radius 3 is 2.45 bits per heavy atom. The van der Waals surface area contributed by atoms with E-state index in [1.165, 1.54) is 20.2 Å². The highest BCUT2D eigenvalue weighted by atomic mass is 32.2. The van der Waals surface area contributed by atoms with E-state index in [1.54, 1.807) is 0 Å². The molecule has 0 fully saturated rings. The first-order valence-corrected chi connectivity index (χ1v) is 8.74. The SMILES string of the molecule is CCc1ccc(CC(CSc2ccc(C)cc2)NN)s1. The Balaban J connectivity index is 1.87. The molecule has 1 heterocycles. The molecule has 0 saturated heterocycles. The average molecular weight is 306 g/mol. The van der Waals surface area contributed by atoms with Gasteiger partial charge in [-0.25, -0.2) is 0 Å². The van der Waals surface area contributed by atoms with Crippen LogP contribution in [0.4, 0.5) is 0 Å². The van der Waals surface area contributed by atoms with Crippen LogP contribution in [0.15, 0.2) is 41.3 Å². The van der Waals surface area contributed by atoms with Crippen LogP contribution < -0.4 is 11.3 Å². The molecule has 1 atom stereocenters. The molecular weight excluding hydrogens is 284 g/mol. The van der Waals surface area contributed by atoms with Crippen LogP contribution in [0.5, 0.6) is 0 Å². The lowest BCUT2D eigenvalue weighted by Crippen LogP contribution is -2.38. The third kappa shape index (κ3) is 4.63. The molecule has 3 N–H and O–H groups in total. The summed E-state index contributed by atoms with van der Waals surface area (Å²) in [6.07, 6.45) is 2.11. The summed E-state index contributed by atoms with van der Waals surface area (Å²) in [5.41, 5.74) is 4.24. The Bertz CT molecular complexity index is 520. The minimum atomic E-state index is 0.310. The molecule has 2 nitrogen and oxygen atoms in total. The number of thiophene rings is 1. The van der Waals surface area contributed by atoms with Crippen molar-refractivity contribution in [2.75, 3.05) is 5.75 Å². The maximum absolute atomic E-state index is 5.69. The zero-order chi connectivity index (χ0) is 14.4. The number of nitrogens with one attached hydrogen (secondary N) is 1. The normalized spacial score (nSPS) is 12.6. The van der Waals surface area contributed by atoms with Crippen molar-refractivity contribution in [1.29, 1.82) is 0 Å². The summed E-state index contributed by atoms with van der Waals surface area (Å²) >= 11 is 3.75. The predicted octanol–water partition coefficient (Wildman–Crippen LogP) is 3.79. The van der Waals surface area contributed by atoms with Gasteiger partial charge in [-0.1, -0.05) is 24.6 Å². The van der Waals surface area contributed by atoms with E-state index in [0.29, 0.717) is 6.04 Å². The van der Waals surface area contributed by atoms with E-state index in [4.69, 9.17) is 5.84 Å². The van der Waals surface area contributed by atoms with Crippen molar-refractivity contribution in [3.63, 3.8) is 0 Å². The summed E-state index contributed by atoms with van der Waals surface area (Å²) in [4.78, 5) is 4.16. The Kier molecular flexibility index (Phi) is 6.10. The molecule has 1 aromatic heterocycles. The van der Waals surface area contributed by atoms with Crippen molar-refractivity contribution in [1.82, 2.24) is 5.43 Å². The topological polar surface area (TPSA) is 38.0 Å². The summed E-state index contributed by atoms with van der Waals surface area (Å²) in [5, 5.41) is 0. The van der Waals surface area contributed by atoms with Gasteiger partial charge in [0.05, 0.1) is 0 Å². The van der Waals surface area contributed by atoms with Crippen LogP contribution in [0.3, 0.4) is 0 Å². The molecule has 1 aromatic carbocycles. The first kappa shape index (κ1) is 15.6. The molecule has 0 aliphatic rings. The van der Waals surface area contributed by atoms with Crippen LogP contribution in [0.25, 0.3) is 0 Å². The van der Waals surface area contributed by atoms with Gasteiger partial charge in [0.2, 0.25) is 0 Å². The lowest BCUT2D eigenvalue weighted by Gasteiger charge is -2.14. The summed E-state index contributed by atoms with van der Waals surface area (Å²) < 4.78 is 0. The van der Waals surface area contributed by atoms with Crippen molar-refractivity contribution < 1.29 is 0 Å². The molecule has 0 spiro atoms. The third-order valence-corrected chi connectivity index (χ3v) is 5.65. The summed E-state index contributed by atoms with van der Waals surface area (Å²) in [6.45, 7) is 4.31. The molecule has 2 rings (SSSR count). The zero-order valence-electron chi connectivity index (χ0n) is 12.1. The third-order valence-electron chi connectivity index (χ3n) is 3.22. The Morgan fingerprint density at radius 1 is 1.15 bits per heavy atom. The van der Waals surface area contributed by atoms with Gasteiger partial charge in [0.25, 0.3) is 0 Å². The fourth-order valence-electron chi connectivity index (χ4n) is 1.96. The second-order valence-corrected chi connectivity index (χ2v) is 7.26. The van der Waals surface area contributed by atoms with Crippen molar-refractivity contribution >= 4 is 23.1 Å². The summed E-state index contributed by atoms with van der Waals surface area (Å²) in [7, 11) is 0. The number of hydrazine groups is 1. The summed E-state index contributed by atoms with van der Waals surface area (Å²) in [5.74, 6) is 6.67. The van der Waals surface area contributed by atoms with E-state index in [0.717, 1.165) is 18.6 Å². The quantitative estimate of drug-likeness (QED) is 0.464. The Hall–Kier alpha value is -0.810. The minimum Gasteiger partial charge on any atom is -0.271 e. The zero-order valence-corrected chi connectivity index (χ0v) is 13.7. The average Bonchev–Trinajstić information content (AvgIpc) is 2.93. The molecule has 108 valence electrons. The largest absolute Gasteiger partial charge is 0.271 e. The number of benzene rings is 1. The molecule has 0 bridgehead atoms. The highest BCUT2D eigenvalue weighted by Gasteiger charge is 2.10. The second kappa shape index (κ2) is 7.84. The van der Waals surface area contributed by atoms with Crippen molar-refractivity contribution in [3.8, 4) is 0 Å². The van der Waals surface area contributed by atoms with Crippen molar-refractivity contribution in [3.05, 3.63) is 51.7 Å². The van der Waals surface area contributed by atoms with E-state index >= 15 is 0 Å². The molecule has 4 heteroatoms. The van der Waals surface area contributed by atoms with Crippen LogP contribution in [0, 0.1) is 6.92 Å². The highest BCUT2D eigenvalue weighted by molar-refractivity contribution is 7.99. The van der Waals surface area contributed by atoms with E-state index in [1.807, 2.05) is 23.1 Å². The van der Waals surface area contributed by atoms with Gasteiger partial charge in [0.15, 0.2) is 0 Å². The molecule has 0 radical (unpaired) electrons. The number of hydrogen-bond acceptors (Lipinski definition) is 4. The van der Waals surface area contributed by atoms with Gasteiger partial charge in [-0.3, -0.25) is 11.3 Å². The number of nitrogens with two attached hydrogens (primary N) is 1. The van der Waals surface area contributed by atoms with Gasteiger partial charge in [0, 0.05) is 26.4 Å². The van der Waals surface area contributed by atoms with Crippen molar-refractivity contribution in [2.24, 2.45) is 5.84 Å². The molecule has 1 unspecified atom stereocenters. The molecule has 0 aliphatic heterocycles. The molecule has 20 heavy (non-hydrogen) atoms. The van der Waals surface area contributed by atoms with E-state index in [9.17, 15) is 0 Å². The van der Waals surface area contributed by atoms with Crippen molar-refractivity contribution in [2.45, 2.75) is 37.6 Å². The smallest absolute Gasteiger partial charge is 0.0352 e. The van der Waals surface area contributed by atoms with Crippen LogP contribution >= 0.6 is 23.1 Å². The van der Waals surface area contributed by atoms with E-state index in [-0.39, 0.29) is 0 Å². The van der Waals surface area contributed by atoms with Gasteiger partial charge in [-0.15, -0.1) is 23.1 Å². The Morgan fingerprint density at radius 2 is 1.85 bits per heavy atom. The standard InChI is InChI=1S/C16H22N2S2/c1-3-14-8-9-16(20-14)10-13(18-17)11-19-15-6-4-12(2)5-7-15/h4-9,13,18H,3,10-11,17H2,1-2H3. The van der Waals surface area contributed by atoms with Crippen LogP contribution in [-0.4, -0.2) is 11.8 Å². The van der Waals surface area contributed by atoms with Gasteiger partial charge >= 0.3 is 0 Å². The fourth-order valence-corrected chi connectivity index (χ4v) is 3.94. The number of thioether (sulfide) groups is 1. The van der Waals surface area contributed by atoms with Crippen LogP contribution in [-0.2, 0) is 12.8 Å². The molecule has 0 saturated carbocycles. The van der Waals surface area contributed by atoms with Crippen LogP contribution in [0.2, 0.25) is 0 Å². The first-order chi connectivity index (χ1) is 9.71. The Labute approximate surface area is 129 Å². The maximum atomic E-state index is 5.69. The summed E-state index contributed by atoms with van der Waals surface area (Å²) in [6, 6.07) is 13.4. The molecular formula is C16H22N2S2. The first-order valence-electron chi connectivity index (χ1n) is 6.94. The monoisotopic (exact) mass is 306 g/mol. The molecule has 0 amide bonds. The fraction of sp³-hybridized carbons (Fsp3) is 0.375. The number of aryl methyl sites for hydroxylation is 2. The van der Waals surface area contributed by atoms with E-state index < -0.39 is 0 Å². The predicted molar refractivity (Wildman–Crippen MR) is 90.4 cm³/mol.